The summed E-state index contributed by atoms with van der Waals surface area (Å²) >= 11 is 17.9. The number of rotatable bonds is 5. The van der Waals surface area contributed by atoms with E-state index in [-0.39, 0.29) is 11.6 Å². The fourth-order valence-electron chi connectivity index (χ4n) is 3.00. The van der Waals surface area contributed by atoms with Crippen LogP contribution in [-0.4, -0.2) is 46.0 Å². The maximum absolute atomic E-state index is 13.2. The van der Waals surface area contributed by atoms with Gasteiger partial charge >= 0.3 is 0 Å². The molecular weight excluding hydrogens is 400 g/mol. The Labute approximate surface area is 166 Å². The van der Waals surface area contributed by atoms with E-state index in [0.29, 0.717) is 29.9 Å². The standard InChI is InChI=1S/C17H19Cl3FN5/c1-26-10-2-3-13(26)8-9-22-16-24-14(11-4-6-12(21)7-5-11)23-15(25-16)17(18,19)20/h4-7,13H,2-3,8-10H2,1H3,(H,22,23,24,25). The van der Waals surface area contributed by atoms with Crippen molar-refractivity contribution in [2.75, 3.05) is 25.5 Å². The van der Waals surface area contributed by atoms with Gasteiger partial charge in [-0.3, -0.25) is 0 Å². The van der Waals surface area contributed by atoms with E-state index in [4.69, 9.17) is 34.8 Å². The van der Waals surface area contributed by atoms with Crippen LogP contribution in [0, 0.1) is 5.82 Å². The predicted octanol–water partition coefficient (Wildman–Crippen LogP) is 4.40. The molecule has 1 unspecified atom stereocenters. The number of anilines is 1. The number of hydrogen-bond donors (Lipinski definition) is 1. The molecule has 1 aliphatic rings. The van der Waals surface area contributed by atoms with Crippen LogP contribution in [0.5, 0.6) is 0 Å². The van der Waals surface area contributed by atoms with Crippen molar-refractivity contribution in [3.63, 3.8) is 0 Å². The number of nitrogens with one attached hydrogen (secondary N) is 1. The largest absolute Gasteiger partial charge is 0.354 e. The zero-order valence-electron chi connectivity index (χ0n) is 14.2. The van der Waals surface area contributed by atoms with Gasteiger partial charge in [0.05, 0.1) is 0 Å². The van der Waals surface area contributed by atoms with Crippen LogP contribution in [-0.2, 0) is 3.79 Å². The average Bonchev–Trinajstić information content (AvgIpc) is 3.00. The first-order valence-electron chi connectivity index (χ1n) is 8.36. The third-order valence-corrected chi connectivity index (χ3v) is 4.93. The number of halogens is 4. The third-order valence-electron chi connectivity index (χ3n) is 4.42. The van der Waals surface area contributed by atoms with E-state index < -0.39 is 3.79 Å². The number of benzene rings is 1. The molecule has 1 fully saturated rings. The van der Waals surface area contributed by atoms with Crippen molar-refractivity contribution in [1.29, 1.82) is 0 Å². The first-order valence-corrected chi connectivity index (χ1v) is 9.49. The summed E-state index contributed by atoms with van der Waals surface area (Å²) in [6.45, 7) is 1.82. The summed E-state index contributed by atoms with van der Waals surface area (Å²) in [6.07, 6.45) is 3.38. The fraction of sp³-hybridized carbons (Fsp3) is 0.471. The van der Waals surface area contributed by atoms with Crippen molar-refractivity contribution in [3.05, 3.63) is 35.9 Å². The Morgan fingerprint density at radius 2 is 1.92 bits per heavy atom. The van der Waals surface area contributed by atoms with Crippen molar-refractivity contribution < 1.29 is 4.39 Å². The monoisotopic (exact) mass is 417 g/mol. The normalized spacial score (nSPS) is 18.3. The Morgan fingerprint density at radius 3 is 2.54 bits per heavy atom. The van der Waals surface area contributed by atoms with E-state index in [9.17, 15) is 4.39 Å². The molecule has 3 rings (SSSR count). The molecule has 9 heteroatoms. The molecule has 1 aliphatic heterocycles. The molecule has 1 saturated heterocycles. The summed E-state index contributed by atoms with van der Waals surface area (Å²) in [5, 5.41) is 3.19. The minimum absolute atomic E-state index is 0.0253. The summed E-state index contributed by atoms with van der Waals surface area (Å²) in [6, 6.07) is 6.36. The minimum atomic E-state index is -1.78. The Morgan fingerprint density at radius 1 is 1.19 bits per heavy atom. The second kappa shape index (κ2) is 8.21. The third kappa shape index (κ3) is 4.94. The molecule has 0 bridgehead atoms. The molecule has 1 N–H and O–H groups in total. The van der Waals surface area contributed by atoms with Crippen LogP contribution in [0.15, 0.2) is 24.3 Å². The van der Waals surface area contributed by atoms with E-state index in [1.165, 1.54) is 25.0 Å². The van der Waals surface area contributed by atoms with E-state index >= 15 is 0 Å². The molecule has 26 heavy (non-hydrogen) atoms. The first kappa shape index (κ1) is 19.5. The second-order valence-corrected chi connectivity index (χ2v) is 8.58. The van der Waals surface area contributed by atoms with Gasteiger partial charge in [0.2, 0.25) is 9.74 Å². The van der Waals surface area contributed by atoms with Gasteiger partial charge in [0.25, 0.3) is 0 Å². The Hall–Kier alpha value is -1.21. The highest BCUT2D eigenvalue weighted by Crippen LogP contribution is 2.36. The smallest absolute Gasteiger partial charge is 0.250 e. The van der Waals surface area contributed by atoms with Crippen LogP contribution in [0.25, 0.3) is 11.4 Å². The lowest BCUT2D eigenvalue weighted by Gasteiger charge is -2.19. The Balaban J connectivity index is 1.79. The zero-order chi connectivity index (χ0) is 18.7. The van der Waals surface area contributed by atoms with Crippen LogP contribution < -0.4 is 5.32 Å². The van der Waals surface area contributed by atoms with E-state index in [0.717, 1.165) is 13.0 Å². The lowest BCUT2D eigenvalue weighted by atomic mass is 10.1. The summed E-state index contributed by atoms with van der Waals surface area (Å²) in [4.78, 5) is 15.2. The highest BCUT2D eigenvalue weighted by molar-refractivity contribution is 6.66. The van der Waals surface area contributed by atoms with Crippen molar-refractivity contribution in [3.8, 4) is 11.4 Å². The Kier molecular flexibility index (Phi) is 6.17. The van der Waals surface area contributed by atoms with Crippen molar-refractivity contribution >= 4 is 40.8 Å². The second-order valence-electron chi connectivity index (χ2n) is 6.30. The van der Waals surface area contributed by atoms with Gasteiger partial charge in [-0.2, -0.15) is 9.97 Å². The van der Waals surface area contributed by atoms with Gasteiger partial charge in [-0.15, -0.1) is 0 Å². The SMILES string of the molecule is CN1CCCC1CCNc1nc(-c2ccc(F)cc2)nc(C(Cl)(Cl)Cl)n1. The van der Waals surface area contributed by atoms with Crippen LogP contribution in [0.1, 0.15) is 25.1 Å². The van der Waals surface area contributed by atoms with Crippen LogP contribution in [0.4, 0.5) is 10.3 Å². The summed E-state index contributed by atoms with van der Waals surface area (Å²) in [5.74, 6) is 0.337. The molecule has 1 aromatic heterocycles. The molecule has 1 aromatic carbocycles. The predicted molar refractivity (Wildman–Crippen MR) is 103 cm³/mol. The highest BCUT2D eigenvalue weighted by atomic mass is 35.6. The molecule has 2 aromatic rings. The van der Waals surface area contributed by atoms with Crippen LogP contribution in [0.2, 0.25) is 0 Å². The molecule has 5 nitrogen and oxygen atoms in total. The number of aromatic nitrogens is 3. The lowest BCUT2D eigenvalue weighted by molar-refractivity contribution is 0.301. The molecule has 140 valence electrons. The Bertz CT molecular complexity index is 751. The van der Waals surface area contributed by atoms with Gasteiger partial charge in [-0.05, 0) is 57.1 Å². The molecule has 0 saturated carbocycles. The van der Waals surface area contributed by atoms with E-state index in [2.05, 4.69) is 32.2 Å². The van der Waals surface area contributed by atoms with Gasteiger partial charge in [-0.1, -0.05) is 34.8 Å². The lowest BCUT2D eigenvalue weighted by Crippen LogP contribution is -2.27. The maximum atomic E-state index is 13.2. The molecule has 0 radical (unpaired) electrons. The quantitative estimate of drug-likeness (QED) is 0.729. The van der Waals surface area contributed by atoms with Gasteiger partial charge in [0.15, 0.2) is 11.6 Å². The molecule has 2 heterocycles. The fourth-order valence-corrected chi connectivity index (χ4v) is 3.26. The minimum Gasteiger partial charge on any atom is -0.354 e. The molecule has 0 spiro atoms. The number of likely N-dealkylation sites (tertiary alicyclic amines) is 1. The van der Waals surface area contributed by atoms with Gasteiger partial charge < -0.3 is 10.2 Å². The van der Waals surface area contributed by atoms with Gasteiger partial charge in [-0.25, -0.2) is 9.37 Å². The summed E-state index contributed by atoms with van der Waals surface area (Å²) in [7, 11) is 2.13. The highest BCUT2D eigenvalue weighted by Gasteiger charge is 2.28. The molecule has 0 aliphatic carbocycles. The van der Waals surface area contributed by atoms with Crippen molar-refractivity contribution in [1.82, 2.24) is 19.9 Å². The van der Waals surface area contributed by atoms with Gasteiger partial charge in [0.1, 0.15) is 5.82 Å². The van der Waals surface area contributed by atoms with Crippen molar-refractivity contribution in [2.24, 2.45) is 0 Å². The topological polar surface area (TPSA) is 53.9 Å². The first-order chi connectivity index (χ1) is 12.3. The molecule has 0 amide bonds. The molecule has 1 atom stereocenters. The average molecular weight is 419 g/mol. The van der Waals surface area contributed by atoms with E-state index in [1.54, 1.807) is 12.1 Å². The number of alkyl halides is 3. The number of nitrogens with zero attached hydrogens (tertiary/aromatic N) is 4. The van der Waals surface area contributed by atoms with Crippen molar-refractivity contribution in [2.45, 2.75) is 29.1 Å². The van der Waals surface area contributed by atoms with E-state index in [1.807, 2.05) is 0 Å². The molecular formula is C17H19Cl3FN5. The summed E-state index contributed by atoms with van der Waals surface area (Å²) in [5.41, 5.74) is 0.614. The van der Waals surface area contributed by atoms with Crippen LogP contribution in [0.3, 0.4) is 0 Å². The van der Waals surface area contributed by atoms with Crippen LogP contribution >= 0.6 is 34.8 Å². The van der Waals surface area contributed by atoms with Gasteiger partial charge in [0, 0.05) is 18.2 Å². The maximum Gasteiger partial charge on any atom is 0.250 e. The number of hydrogen-bond acceptors (Lipinski definition) is 5. The summed E-state index contributed by atoms with van der Waals surface area (Å²) < 4.78 is 11.4. The zero-order valence-corrected chi connectivity index (χ0v) is 16.5.